The number of aryl methyl sites for hydroxylation is 1. The van der Waals surface area contributed by atoms with Crippen LogP contribution in [0.4, 0.5) is 0 Å². The summed E-state index contributed by atoms with van der Waals surface area (Å²) in [6.07, 6.45) is 3.54. The van der Waals surface area contributed by atoms with Gasteiger partial charge in [-0.25, -0.2) is 4.98 Å². The summed E-state index contributed by atoms with van der Waals surface area (Å²) in [7, 11) is 0. The molecule has 1 aromatic heterocycles. The number of aliphatic hydroxyl groups is 1. The third kappa shape index (κ3) is 1.84. The third-order valence-corrected chi connectivity index (χ3v) is 4.20. The van der Waals surface area contributed by atoms with E-state index in [-0.39, 0.29) is 6.61 Å². The van der Waals surface area contributed by atoms with E-state index in [2.05, 4.69) is 18.8 Å². The molecule has 0 bridgehead atoms. The molecule has 0 aliphatic heterocycles. The van der Waals surface area contributed by atoms with Crippen molar-refractivity contribution in [2.45, 2.75) is 39.7 Å². The lowest BCUT2D eigenvalue weighted by atomic mass is 9.83. The highest BCUT2D eigenvalue weighted by Crippen LogP contribution is 2.33. The van der Waals surface area contributed by atoms with E-state index >= 15 is 0 Å². The summed E-state index contributed by atoms with van der Waals surface area (Å²) in [6, 6.07) is 0. The second kappa shape index (κ2) is 3.99. The molecule has 1 unspecified atom stereocenters. The molecule has 1 heterocycles. The fourth-order valence-electron chi connectivity index (χ4n) is 2.09. The van der Waals surface area contributed by atoms with Gasteiger partial charge in [0.15, 0.2) is 0 Å². The highest BCUT2D eigenvalue weighted by Gasteiger charge is 2.24. The van der Waals surface area contributed by atoms with Crippen molar-refractivity contribution < 1.29 is 5.11 Å². The second-order valence-corrected chi connectivity index (χ2v) is 5.55. The van der Waals surface area contributed by atoms with Crippen molar-refractivity contribution >= 4 is 11.3 Å². The summed E-state index contributed by atoms with van der Waals surface area (Å²) in [6.45, 7) is 4.69. The zero-order valence-corrected chi connectivity index (χ0v) is 9.60. The van der Waals surface area contributed by atoms with Crippen LogP contribution in [0.2, 0.25) is 0 Å². The zero-order valence-electron chi connectivity index (χ0n) is 8.79. The van der Waals surface area contributed by atoms with Crippen LogP contribution >= 0.6 is 11.3 Å². The summed E-state index contributed by atoms with van der Waals surface area (Å²) in [5, 5.41) is 9.90. The largest absolute Gasteiger partial charge is 0.389 e. The molecule has 0 aromatic carbocycles. The van der Waals surface area contributed by atoms with Crippen LogP contribution in [0.25, 0.3) is 0 Å². The lowest BCUT2D eigenvalue weighted by molar-refractivity contribution is 0.280. The van der Waals surface area contributed by atoms with Crippen LogP contribution in [-0.4, -0.2) is 10.1 Å². The van der Waals surface area contributed by atoms with Gasteiger partial charge >= 0.3 is 0 Å². The molecule has 0 radical (unpaired) electrons. The van der Waals surface area contributed by atoms with Gasteiger partial charge in [0, 0.05) is 4.88 Å². The number of aliphatic hydroxyl groups excluding tert-OH is 1. The lowest BCUT2D eigenvalue weighted by Crippen LogP contribution is -2.17. The molecule has 0 spiro atoms. The van der Waals surface area contributed by atoms with Crippen molar-refractivity contribution in [2.75, 3.05) is 0 Å². The van der Waals surface area contributed by atoms with Crippen LogP contribution in [0.1, 0.15) is 35.8 Å². The van der Waals surface area contributed by atoms with Crippen molar-refractivity contribution in [1.82, 2.24) is 4.98 Å². The molecule has 2 rings (SSSR count). The Labute approximate surface area is 89.0 Å². The maximum atomic E-state index is 9.01. The average Bonchev–Trinajstić information content (AvgIpc) is 2.58. The quantitative estimate of drug-likeness (QED) is 0.815. The van der Waals surface area contributed by atoms with Crippen LogP contribution < -0.4 is 0 Å². The molecular weight excluding hydrogens is 194 g/mol. The number of rotatable bonds is 2. The highest BCUT2D eigenvalue weighted by molar-refractivity contribution is 7.11. The lowest BCUT2D eigenvalue weighted by Gasteiger charge is -2.24. The minimum absolute atomic E-state index is 0.101. The minimum atomic E-state index is 0.101. The molecule has 1 aliphatic carbocycles. The summed E-state index contributed by atoms with van der Waals surface area (Å²) in [4.78, 5) is 5.85. The number of aromatic nitrogens is 1. The Morgan fingerprint density at radius 3 is 3.00 bits per heavy atom. The van der Waals surface area contributed by atoms with E-state index in [9.17, 15) is 0 Å². The van der Waals surface area contributed by atoms with E-state index < -0.39 is 0 Å². The van der Waals surface area contributed by atoms with Gasteiger partial charge in [0.2, 0.25) is 0 Å². The molecule has 1 atom stereocenters. The van der Waals surface area contributed by atoms with Crippen LogP contribution in [0.5, 0.6) is 0 Å². The molecule has 1 aliphatic rings. The topological polar surface area (TPSA) is 33.1 Å². The van der Waals surface area contributed by atoms with Gasteiger partial charge in [-0.3, -0.25) is 0 Å². The maximum absolute atomic E-state index is 9.01. The minimum Gasteiger partial charge on any atom is -0.389 e. The van der Waals surface area contributed by atoms with Crippen LogP contribution in [-0.2, 0) is 19.4 Å². The number of hydrogen-bond donors (Lipinski definition) is 1. The van der Waals surface area contributed by atoms with Gasteiger partial charge < -0.3 is 5.11 Å². The second-order valence-electron chi connectivity index (χ2n) is 4.38. The molecule has 14 heavy (non-hydrogen) atoms. The summed E-state index contributed by atoms with van der Waals surface area (Å²) in [5.74, 6) is 1.58. The molecule has 0 fully saturated rings. The average molecular weight is 211 g/mol. The van der Waals surface area contributed by atoms with Gasteiger partial charge in [-0.1, -0.05) is 13.8 Å². The van der Waals surface area contributed by atoms with Gasteiger partial charge in [0.05, 0.1) is 12.3 Å². The Hall–Kier alpha value is -0.410. The third-order valence-electron chi connectivity index (χ3n) is 3.10. The monoisotopic (exact) mass is 211 g/mol. The standard InChI is InChI=1S/C11H17NOS/c1-7(2)8-3-4-9-10(5-8)14-11(6-13)12-9/h7-8,13H,3-6H2,1-2H3. The Morgan fingerprint density at radius 1 is 1.57 bits per heavy atom. The summed E-state index contributed by atoms with van der Waals surface area (Å²) >= 11 is 1.70. The molecule has 3 heteroatoms. The van der Waals surface area contributed by atoms with Crippen LogP contribution in [0.3, 0.4) is 0 Å². The smallest absolute Gasteiger partial charge is 0.119 e. The normalized spacial score (nSPS) is 21.3. The molecular formula is C11H17NOS. The first-order chi connectivity index (χ1) is 6.70. The number of nitrogens with zero attached hydrogens (tertiary/aromatic N) is 1. The SMILES string of the molecule is CC(C)C1CCc2nc(CO)sc2C1. The van der Waals surface area contributed by atoms with E-state index in [1.807, 2.05) is 0 Å². The molecule has 1 N–H and O–H groups in total. The highest BCUT2D eigenvalue weighted by atomic mass is 32.1. The Balaban J connectivity index is 2.17. The van der Waals surface area contributed by atoms with Gasteiger partial charge in [0.1, 0.15) is 5.01 Å². The van der Waals surface area contributed by atoms with Gasteiger partial charge in [0.25, 0.3) is 0 Å². The Morgan fingerprint density at radius 2 is 2.36 bits per heavy atom. The van der Waals surface area contributed by atoms with Crippen molar-refractivity contribution in [2.24, 2.45) is 11.8 Å². The molecule has 0 amide bonds. The molecule has 1 aromatic rings. The fourth-order valence-corrected chi connectivity index (χ4v) is 3.16. The number of hydrogen-bond acceptors (Lipinski definition) is 3. The van der Waals surface area contributed by atoms with Crippen LogP contribution in [0, 0.1) is 11.8 Å². The van der Waals surface area contributed by atoms with E-state index in [1.54, 1.807) is 11.3 Å². The number of fused-ring (bicyclic) bond motifs is 1. The van der Waals surface area contributed by atoms with E-state index in [1.165, 1.54) is 23.4 Å². The first kappa shape index (κ1) is 10.1. The first-order valence-corrected chi connectivity index (χ1v) is 6.10. The van der Waals surface area contributed by atoms with E-state index in [4.69, 9.17) is 5.11 Å². The van der Waals surface area contributed by atoms with Crippen molar-refractivity contribution in [3.8, 4) is 0 Å². The fraction of sp³-hybridized carbons (Fsp3) is 0.727. The van der Waals surface area contributed by atoms with Crippen molar-refractivity contribution in [3.63, 3.8) is 0 Å². The predicted octanol–water partition coefficient (Wildman–Crippen LogP) is 2.40. The van der Waals surface area contributed by atoms with Gasteiger partial charge in [-0.15, -0.1) is 11.3 Å². The molecule has 2 nitrogen and oxygen atoms in total. The summed E-state index contributed by atoms with van der Waals surface area (Å²) in [5.41, 5.74) is 1.25. The molecule has 78 valence electrons. The zero-order chi connectivity index (χ0) is 10.1. The first-order valence-electron chi connectivity index (χ1n) is 5.29. The van der Waals surface area contributed by atoms with E-state index in [0.29, 0.717) is 0 Å². The summed E-state index contributed by atoms with van der Waals surface area (Å²) < 4.78 is 0. The molecule has 0 saturated heterocycles. The van der Waals surface area contributed by atoms with Gasteiger partial charge in [-0.05, 0) is 31.1 Å². The number of thiazole rings is 1. The van der Waals surface area contributed by atoms with E-state index in [0.717, 1.165) is 23.3 Å². The Bertz CT molecular complexity index is 319. The molecule has 0 saturated carbocycles. The predicted molar refractivity (Wildman–Crippen MR) is 58.4 cm³/mol. The van der Waals surface area contributed by atoms with Gasteiger partial charge in [-0.2, -0.15) is 0 Å². The van der Waals surface area contributed by atoms with Crippen molar-refractivity contribution in [1.29, 1.82) is 0 Å². The maximum Gasteiger partial charge on any atom is 0.119 e. The van der Waals surface area contributed by atoms with Crippen LogP contribution in [0.15, 0.2) is 0 Å². The van der Waals surface area contributed by atoms with Crippen molar-refractivity contribution in [3.05, 3.63) is 15.6 Å². The Kier molecular flexibility index (Phi) is 2.88.